The van der Waals surface area contributed by atoms with E-state index in [0.29, 0.717) is 40.6 Å². The van der Waals surface area contributed by atoms with Crippen molar-refractivity contribution >= 4 is 35.3 Å². The summed E-state index contributed by atoms with van der Waals surface area (Å²) in [5.74, 6) is 0.958. The van der Waals surface area contributed by atoms with E-state index < -0.39 is 0 Å². The molecule has 0 aromatic heterocycles. The Bertz CT molecular complexity index is 1270. The van der Waals surface area contributed by atoms with Gasteiger partial charge < -0.3 is 20.1 Å². The zero-order valence-corrected chi connectivity index (χ0v) is 20.1. The zero-order chi connectivity index (χ0) is 24.1. The second kappa shape index (κ2) is 10.5. The summed E-state index contributed by atoms with van der Waals surface area (Å²) in [6, 6.07) is 19.1. The number of fused-ring (bicyclic) bond motifs is 1. The fourth-order valence-electron chi connectivity index (χ4n) is 3.67. The van der Waals surface area contributed by atoms with Gasteiger partial charge in [0.1, 0.15) is 0 Å². The van der Waals surface area contributed by atoms with Crippen LogP contribution in [0.2, 0.25) is 0 Å². The van der Waals surface area contributed by atoms with Crippen LogP contribution in [0.1, 0.15) is 27.0 Å². The first-order chi connectivity index (χ1) is 16.5. The Morgan fingerprint density at radius 2 is 1.85 bits per heavy atom. The Labute approximate surface area is 203 Å². The smallest absolute Gasteiger partial charge is 0.262 e. The molecule has 0 radical (unpaired) electrons. The van der Waals surface area contributed by atoms with E-state index in [1.807, 2.05) is 61.5 Å². The summed E-state index contributed by atoms with van der Waals surface area (Å²) in [6.07, 6.45) is 2.53. The van der Waals surface area contributed by atoms with Crippen LogP contribution in [-0.2, 0) is 11.2 Å². The number of methoxy groups -OCH3 is 2. The van der Waals surface area contributed by atoms with Crippen molar-refractivity contribution in [3.05, 3.63) is 87.8 Å². The molecule has 2 N–H and O–H groups in total. The minimum absolute atomic E-state index is 0.176. The number of rotatable bonds is 7. The van der Waals surface area contributed by atoms with Crippen LogP contribution in [0, 0.1) is 6.92 Å². The van der Waals surface area contributed by atoms with Crippen molar-refractivity contribution in [2.75, 3.05) is 26.1 Å². The molecule has 1 aliphatic heterocycles. The lowest BCUT2D eigenvalue weighted by Crippen LogP contribution is -2.26. The van der Waals surface area contributed by atoms with E-state index in [9.17, 15) is 9.59 Å². The molecule has 7 heteroatoms. The van der Waals surface area contributed by atoms with Gasteiger partial charge in [-0.1, -0.05) is 47.7 Å². The monoisotopic (exact) mass is 474 g/mol. The molecule has 0 saturated heterocycles. The molecule has 0 fully saturated rings. The van der Waals surface area contributed by atoms with Crippen molar-refractivity contribution in [1.29, 1.82) is 0 Å². The summed E-state index contributed by atoms with van der Waals surface area (Å²) in [6.45, 7) is 2.49. The molecular weight excluding hydrogens is 448 g/mol. The van der Waals surface area contributed by atoms with Crippen LogP contribution < -0.4 is 20.1 Å². The van der Waals surface area contributed by atoms with Crippen LogP contribution in [0.3, 0.4) is 0 Å². The average molecular weight is 475 g/mol. The molecule has 0 saturated carbocycles. The number of aryl methyl sites for hydroxylation is 1. The van der Waals surface area contributed by atoms with Gasteiger partial charge in [-0.3, -0.25) is 9.59 Å². The fraction of sp³-hybridized carbons (Fsp3) is 0.185. The van der Waals surface area contributed by atoms with Gasteiger partial charge in [0.15, 0.2) is 11.5 Å². The lowest BCUT2D eigenvalue weighted by Gasteiger charge is -2.19. The molecule has 0 bridgehead atoms. The van der Waals surface area contributed by atoms with Crippen molar-refractivity contribution in [2.45, 2.75) is 18.2 Å². The summed E-state index contributed by atoms with van der Waals surface area (Å²) in [4.78, 5) is 26.8. The van der Waals surface area contributed by atoms with E-state index in [4.69, 9.17) is 9.47 Å². The molecule has 34 heavy (non-hydrogen) atoms. The molecule has 0 unspecified atom stereocenters. The maximum atomic E-state index is 12.7. The van der Waals surface area contributed by atoms with Crippen LogP contribution in [0.5, 0.6) is 11.5 Å². The van der Waals surface area contributed by atoms with Crippen molar-refractivity contribution < 1.29 is 19.1 Å². The van der Waals surface area contributed by atoms with Gasteiger partial charge >= 0.3 is 0 Å². The van der Waals surface area contributed by atoms with Crippen molar-refractivity contribution in [1.82, 2.24) is 5.32 Å². The van der Waals surface area contributed by atoms with Crippen LogP contribution in [0.15, 0.2) is 70.5 Å². The molecule has 1 heterocycles. The van der Waals surface area contributed by atoms with Gasteiger partial charge in [0.25, 0.3) is 11.8 Å². The Kier molecular flexibility index (Phi) is 7.23. The Hall–Kier alpha value is -3.71. The molecule has 3 aromatic rings. The summed E-state index contributed by atoms with van der Waals surface area (Å²) >= 11 is 1.40. The summed E-state index contributed by atoms with van der Waals surface area (Å²) < 4.78 is 10.6. The molecule has 174 valence electrons. The third-order valence-corrected chi connectivity index (χ3v) is 6.52. The topological polar surface area (TPSA) is 76.7 Å². The summed E-state index contributed by atoms with van der Waals surface area (Å²) in [5.41, 5.74) is 4.28. The summed E-state index contributed by atoms with van der Waals surface area (Å²) in [5, 5.41) is 5.85. The van der Waals surface area contributed by atoms with E-state index in [-0.39, 0.29) is 11.8 Å². The fourth-order valence-corrected chi connectivity index (χ4v) is 4.60. The van der Waals surface area contributed by atoms with Gasteiger partial charge in [0.05, 0.1) is 24.8 Å². The van der Waals surface area contributed by atoms with Crippen LogP contribution >= 0.6 is 11.8 Å². The first-order valence-electron chi connectivity index (χ1n) is 10.9. The minimum atomic E-state index is -0.191. The Morgan fingerprint density at radius 3 is 2.62 bits per heavy atom. The lowest BCUT2D eigenvalue weighted by molar-refractivity contribution is -0.112. The number of thioether (sulfide) groups is 1. The van der Waals surface area contributed by atoms with Crippen molar-refractivity contribution in [3.8, 4) is 11.5 Å². The van der Waals surface area contributed by atoms with Crippen LogP contribution in [-0.4, -0.2) is 32.6 Å². The number of anilines is 1. The number of nitrogens with one attached hydrogen (secondary N) is 2. The summed E-state index contributed by atoms with van der Waals surface area (Å²) in [7, 11) is 3.19. The number of amides is 2. The van der Waals surface area contributed by atoms with Gasteiger partial charge in [0.2, 0.25) is 0 Å². The maximum Gasteiger partial charge on any atom is 0.262 e. The second-order valence-electron chi connectivity index (χ2n) is 7.89. The van der Waals surface area contributed by atoms with Gasteiger partial charge in [-0.05, 0) is 60.9 Å². The maximum absolute atomic E-state index is 12.7. The van der Waals surface area contributed by atoms with Crippen LogP contribution in [0.25, 0.3) is 6.08 Å². The van der Waals surface area contributed by atoms with E-state index in [0.717, 1.165) is 21.6 Å². The van der Waals surface area contributed by atoms with E-state index in [2.05, 4.69) is 10.6 Å². The quantitative estimate of drug-likeness (QED) is 0.468. The molecule has 0 aliphatic carbocycles. The number of benzene rings is 3. The van der Waals surface area contributed by atoms with E-state index in [1.54, 1.807) is 26.4 Å². The highest BCUT2D eigenvalue weighted by molar-refractivity contribution is 8.04. The first-order valence-corrected chi connectivity index (χ1v) is 11.7. The molecular formula is C27H26N2O4S. The van der Waals surface area contributed by atoms with Gasteiger partial charge in [-0.25, -0.2) is 0 Å². The second-order valence-corrected chi connectivity index (χ2v) is 8.97. The number of hydrogen-bond acceptors (Lipinski definition) is 5. The van der Waals surface area contributed by atoms with Gasteiger partial charge in [-0.2, -0.15) is 0 Å². The molecule has 1 aliphatic rings. The van der Waals surface area contributed by atoms with Gasteiger partial charge in [0, 0.05) is 17.0 Å². The number of hydrogen-bond donors (Lipinski definition) is 2. The minimum Gasteiger partial charge on any atom is -0.493 e. The number of carbonyl (C=O) groups is 2. The molecule has 6 nitrogen and oxygen atoms in total. The Balaban J connectivity index is 1.40. The Morgan fingerprint density at radius 1 is 1.03 bits per heavy atom. The third-order valence-electron chi connectivity index (χ3n) is 5.42. The molecule has 3 aromatic carbocycles. The number of ether oxygens (including phenoxy) is 2. The highest BCUT2D eigenvalue weighted by Gasteiger charge is 2.22. The molecule has 2 amide bonds. The SMILES string of the molecule is COc1ccc(CCNC(=O)c2ccc3c(c2)NC(=O)/C(=C\c2cccc(C)c2)S3)cc1OC. The molecule has 0 atom stereocenters. The predicted molar refractivity (Wildman–Crippen MR) is 136 cm³/mol. The van der Waals surface area contributed by atoms with Gasteiger partial charge in [-0.15, -0.1) is 0 Å². The lowest BCUT2D eigenvalue weighted by atomic mass is 10.1. The largest absolute Gasteiger partial charge is 0.493 e. The van der Waals surface area contributed by atoms with Crippen molar-refractivity contribution in [2.24, 2.45) is 0 Å². The first kappa shape index (κ1) is 23.4. The number of carbonyl (C=O) groups excluding carboxylic acids is 2. The van der Waals surface area contributed by atoms with Crippen LogP contribution in [0.4, 0.5) is 5.69 Å². The molecule has 4 rings (SSSR count). The average Bonchev–Trinajstić information content (AvgIpc) is 2.84. The normalized spacial score (nSPS) is 13.7. The highest BCUT2D eigenvalue weighted by atomic mass is 32.2. The van der Waals surface area contributed by atoms with E-state index >= 15 is 0 Å². The van der Waals surface area contributed by atoms with Crippen molar-refractivity contribution in [3.63, 3.8) is 0 Å². The third kappa shape index (κ3) is 5.43. The van der Waals surface area contributed by atoms with E-state index in [1.165, 1.54) is 11.8 Å². The molecule has 0 spiro atoms. The zero-order valence-electron chi connectivity index (χ0n) is 19.3. The standard InChI is InChI=1S/C27H26N2O4S/c1-17-5-4-6-19(13-17)15-25-27(31)29-21-16-20(8-10-24(21)34-25)26(30)28-12-11-18-7-9-22(32-2)23(14-18)33-3/h4-10,13-16H,11-12H2,1-3H3,(H,28,30)(H,29,31)/b25-15+. The predicted octanol–water partition coefficient (Wildman–Crippen LogP) is 5.07. The highest BCUT2D eigenvalue weighted by Crippen LogP contribution is 2.39.